The summed E-state index contributed by atoms with van der Waals surface area (Å²) < 4.78 is 7.19. The van der Waals surface area contributed by atoms with Crippen molar-refractivity contribution in [3.63, 3.8) is 0 Å². The van der Waals surface area contributed by atoms with Crippen molar-refractivity contribution in [2.45, 2.75) is 31.6 Å². The van der Waals surface area contributed by atoms with Crippen molar-refractivity contribution < 1.29 is 9.53 Å². The molecule has 30 heavy (non-hydrogen) atoms. The van der Waals surface area contributed by atoms with Crippen LogP contribution in [0, 0.1) is 0 Å². The normalized spacial score (nSPS) is 11.1. The van der Waals surface area contributed by atoms with Crippen LogP contribution in [0.5, 0.6) is 5.75 Å². The summed E-state index contributed by atoms with van der Waals surface area (Å²) in [6, 6.07) is 5.07. The lowest BCUT2D eigenvalue weighted by Gasteiger charge is -2.11. The van der Waals surface area contributed by atoms with E-state index in [1.54, 1.807) is 29.1 Å². The molecule has 2 N–H and O–H groups in total. The zero-order chi connectivity index (χ0) is 21.7. The molecule has 160 valence electrons. The van der Waals surface area contributed by atoms with Gasteiger partial charge in [0.1, 0.15) is 11.6 Å². The van der Waals surface area contributed by atoms with Gasteiger partial charge in [0.05, 0.1) is 23.2 Å². The van der Waals surface area contributed by atoms with E-state index in [-0.39, 0.29) is 18.6 Å². The molecule has 2 aromatic heterocycles. The Bertz CT molecular complexity index is 1040. The van der Waals surface area contributed by atoms with E-state index in [4.69, 9.17) is 27.9 Å². The van der Waals surface area contributed by atoms with Gasteiger partial charge >= 0.3 is 0 Å². The SMILES string of the molecule is CSc1nc(NC(C)C)c2cnn(CCNC(=O)COc3ccc(Cl)cc3Cl)c2n1. The van der Waals surface area contributed by atoms with E-state index in [2.05, 4.69) is 25.7 Å². The molecule has 1 aromatic carbocycles. The zero-order valence-corrected chi connectivity index (χ0v) is 19.1. The number of aromatic nitrogens is 4. The highest BCUT2D eigenvalue weighted by Gasteiger charge is 2.14. The molecule has 0 aliphatic rings. The molecular weight excluding hydrogens is 447 g/mol. The minimum atomic E-state index is -0.265. The molecule has 3 rings (SSSR count). The van der Waals surface area contributed by atoms with Crippen molar-refractivity contribution >= 4 is 57.7 Å². The number of carbonyl (C=O) groups is 1. The van der Waals surface area contributed by atoms with E-state index in [1.807, 2.05) is 20.1 Å². The Morgan fingerprint density at radius 2 is 2.10 bits per heavy atom. The molecule has 0 radical (unpaired) electrons. The Balaban J connectivity index is 1.59. The molecule has 0 spiro atoms. The van der Waals surface area contributed by atoms with E-state index in [0.717, 1.165) is 16.9 Å². The summed E-state index contributed by atoms with van der Waals surface area (Å²) >= 11 is 13.4. The Morgan fingerprint density at radius 1 is 1.30 bits per heavy atom. The number of nitrogens with zero attached hydrogens (tertiary/aromatic N) is 4. The van der Waals surface area contributed by atoms with Crippen LogP contribution in [0.2, 0.25) is 10.0 Å². The number of ether oxygens (including phenoxy) is 1. The number of anilines is 1. The third kappa shape index (κ3) is 5.68. The van der Waals surface area contributed by atoms with Crippen LogP contribution < -0.4 is 15.4 Å². The molecule has 0 unspecified atom stereocenters. The molecule has 0 saturated carbocycles. The molecule has 0 saturated heterocycles. The van der Waals surface area contributed by atoms with E-state index in [9.17, 15) is 4.79 Å². The second-order valence-corrected chi connectivity index (χ2v) is 8.29. The summed E-state index contributed by atoms with van der Waals surface area (Å²) in [6.07, 6.45) is 3.66. The Hall–Kier alpha value is -2.23. The molecule has 0 atom stereocenters. The number of hydrogen-bond donors (Lipinski definition) is 2. The lowest BCUT2D eigenvalue weighted by molar-refractivity contribution is -0.123. The highest BCUT2D eigenvalue weighted by atomic mass is 35.5. The maximum atomic E-state index is 12.1. The van der Waals surface area contributed by atoms with Gasteiger partial charge < -0.3 is 15.4 Å². The molecule has 0 aliphatic heterocycles. The second kappa shape index (κ2) is 10.2. The Kier molecular flexibility index (Phi) is 7.63. The number of carbonyl (C=O) groups excluding carboxylic acids is 1. The van der Waals surface area contributed by atoms with Crippen LogP contribution in [-0.2, 0) is 11.3 Å². The summed E-state index contributed by atoms with van der Waals surface area (Å²) in [6.45, 7) is 4.78. The number of amides is 1. The van der Waals surface area contributed by atoms with Crippen molar-refractivity contribution in [3.05, 3.63) is 34.4 Å². The van der Waals surface area contributed by atoms with E-state index >= 15 is 0 Å². The van der Waals surface area contributed by atoms with E-state index < -0.39 is 0 Å². The third-order valence-corrected chi connectivity index (χ3v) is 5.06. The first kappa shape index (κ1) is 22.5. The maximum absolute atomic E-state index is 12.1. The fraction of sp³-hybridized carbons (Fsp3) is 0.368. The van der Waals surface area contributed by atoms with Gasteiger partial charge in [-0.25, -0.2) is 14.6 Å². The number of fused-ring (bicyclic) bond motifs is 1. The zero-order valence-electron chi connectivity index (χ0n) is 16.8. The monoisotopic (exact) mass is 468 g/mol. The van der Waals surface area contributed by atoms with Crippen LogP contribution in [0.25, 0.3) is 11.0 Å². The molecule has 11 heteroatoms. The number of halogens is 2. The molecule has 0 bridgehead atoms. The first-order valence-electron chi connectivity index (χ1n) is 9.26. The van der Waals surface area contributed by atoms with Crippen molar-refractivity contribution in [1.29, 1.82) is 0 Å². The number of nitrogens with one attached hydrogen (secondary N) is 2. The first-order chi connectivity index (χ1) is 14.4. The van der Waals surface area contributed by atoms with Crippen LogP contribution in [0.4, 0.5) is 5.82 Å². The Morgan fingerprint density at radius 3 is 2.80 bits per heavy atom. The standard InChI is InChI=1S/C19H22Cl2N6O2S/c1-11(2)24-17-13-9-23-27(18(13)26-19(25-17)30-3)7-6-22-16(28)10-29-15-5-4-12(20)8-14(15)21/h4-5,8-9,11H,6-7,10H2,1-3H3,(H,22,28)(H,24,25,26). The second-order valence-electron chi connectivity index (χ2n) is 6.68. The predicted octanol–water partition coefficient (Wildman–Crippen LogP) is 3.87. The lowest BCUT2D eigenvalue weighted by Crippen LogP contribution is -2.31. The minimum Gasteiger partial charge on any atom is -0.482 e. The van der Waals surface area contributed by atoms with Crippen molar-refractivity contribution in [3.8, 4) is 5.75 Å². The topological polar surface area (TPSA) is 94.0 Å². The fourth-order valence-electron chi connectivity index (χ4n) is 2.66. The largest absolute Gasteiger partial charge is 0.482 e. The van der Waals surface area contributed by atoms with Gasteiger partial charge in [0.2, 0.25) is 0 Å². The van der Waals surface area contributed by atoms with E-state index in [1.165, 1.54) is 11.8 Å². The summed E-state index contributed by atoms with van der Waals surface area (Å²) in [5.41, 5.74) is 0.718. The van der Waals surface area contributed by atoms with Crippen molar-refractivity contribution in [2.24, 2.45) is 0 Å². The number of hydrogen-bond acceptors (Lipinski definition) is 7. The van der Waals surface area contributed by atoms with Crippen LogP contribution in [0.3, 0.4) is 0 Å². The van der Waals surface area contributed by atoms with Gasteiger partial charge in [-0.3, -0.25) is 4.79 Å². The molecule has 1 amide bonds. The van der Waals surface area contributed by atoms with Gasteiger partial charge in [0.15, 0.2) is 17.4 Å². The quantitative estimate of drug-likeness (QED) is 0.363. The van der Waals surface area contributed by atoms with Gasteiger partial charge in [0, 0.05) is 17.6 Å². The molecule has 2 heterocycles. The molecule has 3 aromatic rings. The van der Waals surface area contributed by atoms with E-state index in [0.29, 0.717) is 34.0 Å². The van der Waals surface area contributed by atoms with Crippen LogP contribution >= 0.6 is 35.0 Å². The van der Waals surface area contributed by atoms with Gasteiger partial charge in [-0.05, 0) is 38.3 Å². The third-order valence-electron chi connectivity index (χ3n) is 3.98. The maximum Gasteiger partial charge on any atom is 0.258 e. The van der Waals surface area contributed by atoms with Gasteiger partial charge in [-0.15, -0.1) is 0 Å². The molecule has 0 fully saturated rings. The molecule has 8 nitrogen and oxygen atoms in total. The van der Waals surface area contributed by atoms with Crippen LogP contribution in [-0.4, -0.2) is 51.1 Å². The summed E-state index contributed by atoms with van der Waals surface area (Å²) in [4.78, 5) is 21.2. The molecular formula is C19H22Cl2N6O2S. The van der Waals surface area contributed by atoms with Gasteiger partial charge in [-0.2, -0.15) is 5.10 Å². The number of thioether (sulfide) groups is 1. The first-order valence-corrected chi connectivity index (χ1v) is 11.2. The van der Waals surface area contributed by atoms with Gasteiger partial charge in [0.25, 0.3) is 5.91 Å². The summed E-state index contributed by atoms with van der Waals surface area (Å²) in [7, 11) is 0. The average molecular weight is 469 g/mol. The fourth-order valence-corrected chi connectivity index (χ4v) is 3.48. The molecule has 0 aliphatic carbocycles. The number of benzene rings is 1. The lowest BCUT2D eigenvalue weighted by atomic mass is 10.3. The smallest absolute Gasteiger partial charge is 0.258 e. The summed E-state index contributed by atoms with van der Waals surface area (Å²) in [5.74, 6) is 0.891. The highest BCUT2D eigenvalue weighted by molar-refractivity contribution is 7.98. The minimum absolute atomic E-state index is 0.150. The average Bonchev–Trinajstić information content (AvgIpc) is 3.10. The van der Waals surface area contributed by atoms with Crippen LogP contribution in [0.1, 0.15) is 13.8 Å². The highest BCUT2D eigenvalue weighted by Crippen LogP contribution is 2.27. The summed E-state index contributed by atoms with van der Waals surface area (Å²) in [5, 5.41) is 12.9. The number of rotatable bonds is 9. The van der Waals surface area contributed by atoms with Crippen molar-refractivity contribution in [1.82, 2.24) is 25.1 Å². The van der Waals surface area contributed by atoms with Crippen LogP contribution in [0.15, 0.2) is 29.6 Å². The van der Waals surface area contributed by atoms with Crippen molar-refractivity contribution in [2.75, 3.05) is 24.7 Å². The Labute approximate surface area is 188 Å². The predicted molar refractivity (Wildman–Crippen MR) is 121 cm³/mol. The van der Waals surface area contributed by atoms with Gasteiger partial charge in [-0.1, -0.05) is 35.0 Å².